The van der Waals surface area contributed by atoms with Gasteiger partial charge >= 0.3 is 0 Å². The van der Waals surface area contributed by atoms with Crippen LogP contribution < -0.4 is 0 Å². The van der Waals surface area contributed by atoms with Gasteiger partial charge in [0.05, 0.1) is 22.1 Å². The molecular formula is C84H53I2N3. The van der Waals surface area contributed by atoms with Crippen molar-refractivity contribution in [1.82, 2.24) is 14.1 Å². The highest BCUT2D eigenvalue weighted by atomic mass is 127. The number of benzene rings is 16. The molecule has 0 amide bonds. The number of fused-ring (bicyclic) bond motifs is 18. The van der Waals surface area contributed by atoms with Crippen molar-refractivity contribution >= 4 is 175 Å². The zero-order valence-electron chi connectivity index (χ0n) is 48.2. The first-order valence-corrected chi connectivity index (χ1v) is 32.3. The summed E-state index contributed by atoms with van der Waals surface area (Å²) in [6, 6.07) is 115. The molecule has 418 valence electrons. The number of para-hydroxylation sites is 3. The lowest BCUT2D eigenvalue weighted by molar-refractivity contribution is 1.18. The van der Waals surface area contributed by atoms with Crippen LogP contribution in [0.25, 0.3) is 164 Å². The number of nitrogens with one attached hydrogen (secondary N) is 1. The molecule has 19 rings (SSSR count). The van der Waals surface area contributed by atoms with Crippen LogP contribution in [0.2, 0.25) is 0 Å². The molecule has 89 heavy (non-hydrogen) atoms. The van der Waals surface area contributed by atoms with E-state index in [0.717, 1.165) is 11.4 Å². The average Bonchev–Trinajstić information content (AvgIpc) is 1.77. The molecule has 0 fully saturated rings. The quantitative estimate of drug-likeness (QED) is 0.134. The minimum Gasteiger partial charge on any atom is -0.354 e. The Hall–Kier alpha value is -10.1. The summed E-state index contributed by atoms with van der Waals surface area (Å²) in [4.78, 5) is 3.52. The average molecular weight is 1360 g/mol. The van der Waals surface area contributed by atoms with Gasteiger partial charge in [-0.15, -0.1) is 0 Å². The van der Waals surface area contributed by atoms with Crippen molar-refractivity contribution in [3.63, 3.8) is 0 Å². The molecule has 0 spiro atoms. The van der Waals surface area contributed by atoms with Crippen molar-refractivity contribution in [2.45, 2.75) is 0 Å². The van der Waals surface area contributed by atoms with Gasteiger partial charge in [0.1, 0.15) is 0 Å². The Morgan fingerprint density at radius 3 is 0.955 bits per heavy atom. The van der Waals surface area contributed by atoms with Gasteiger partial charge < -0.3 is 14.1 Å². The number of H-pyrrole nitrogens is 1. The van der Waals surface area contributed by atoms with Gasteiger partial charge in [-0.3, -0.25) is 0 Å². The number of nitrogens with zero attached hydrogens (tertiary/aromatic N) is 2. The molecule has 0 saturated carbocycles. The SMILES string of the molecule is Ic1ccc(-c2ccc(I)cc2)cc1.c1ccc2cc3c(ccc4[nH]c5ccccc5c43)cc2c1.c1ccc2cc3c(ccc4c3c3ccccc3n4-c3ccc(-c4ccc(-n5c6ccccc6c6c7cc8ccccc8cc7ccc65)cc4)cc3)cc2c1. The molecule has 0 saturated heterocycles. The Morgan fingerprint density at radius 1 is 0.213 bits per heavy atom. The van der Waals surface area contributed by atoms with E-state index >= 15 is 0 Å². The summed E-state index contributed by atoms with van der Waals surface area (Å²) in [5, 5.41) is 23.2. The maximum absolute atomic E-state index is 3.52. The normalized spacial score (nSPS) is 11.7. The predicted molar refractivity (Wildman–Crippen MR) is 399 cm³/mol. The summed E-state index contributed by atoms with van der Waals surface area (Å²) < 4.78 is 7.38. The van der Waals surface area contributed by atoms with E-state index in [4.69, 9.17) is 0 Å². The van der Waals surface area contributed by atoms with Crippen LogP contribution in [0.15, 0.2) is 315 Å². The number of hydrogen-bond donors (Lipinski definition) is 1. The zero-order chi connectivity index (χ0) is 59.1. The lowest BCUT2D eigenvalue weighted by Crippen LogP contribution is -1.95. The van der Waals surface area contributed by atoms with Crippen LogP contribution in [0.4, 0.5) is 0 Å². The van der Waals surface area contributed by atoms with E-state index in [2.05, 4.69) is 375 Å². The fourth-order valence-electron chi connectivity index (χ4n) is 13.8. The van der Waals surface area contributed by atoms with E-state index in [9.17, 15) is 0 Å². The summed E-state index contributed by atoms with van der Waals surface area (Å²) >= 11 is 4.64. The maximum Gasteiger partial charge on any atom is 0.0547 e. The molecule has 1 N–H and O–H groups in total. The van der Waals surface area contributed by atoms with E-state index in [1.165, 1.54) is 159 Å². The van der Waals surface area contributed by atoms with Gasteiger partial charge in [-0.2, -0.15) is 0 Å². The summed E-state index contributed by atoms with van der Waals surface area (Å²) in [6.45, 7) is 0. The minimum absolute atomic E-state index is 1.16. The summed E-state index contributed by atoms with van der Waals surface area (Å²) in [7, 11) is 0. The van der Waals surface area contributed by atoms with Crippen molar-refractivity contribution in [3.05, 3.63) is 323 Å². The molecular weight excluding hydrogens is 1300 g/mol. The van der Waals surface area contributed by atoms with Gasteiger partial charge in [0, 0.05) is 61.9 Å². The molecule has 19 aromatic rings. The Bertz CT molecular complexity index is 5700. The summed E-state index contributed by atoms with van der Waals surface area (Å²) in [6.07, 6.45) is 0. The van der Waals surface area contributed by atoms with Gasteiger partial charge in [0.25, 0.3) is 0 Å². The van der Waals surface area contributed by atoms with E-state index in [1.807, 2.05) is 0 Å². The minimum atomic E-state index is 1.16. The Labute approximate surface area is 541 Å². The van der Waals surface area contributed by atoms with Crippen molar-refractivity contribution in [1.29, 1.82) is 0 Å². The van der Waals surface area contributed by atoms with E-state index in [1.54, 1.807) is 0 Å². The maximum atomic E-state index is 3.52. The second-order valence-electron chi connectivity index (χ2n) is 23.2. The van der Waals surface area contributed by atoms with Crippen LogP contribution >= 0.6 is 45.2 Å². The standard InChI is InChI=1S/C52H32N2.C20H13N.C12H8I2/c1-3-11-37-31-45-39(29-35(37)9-1)21-27-49-51(45)43-13-5-7-15-47(43)53(49)41-23-17-33(18-24-41)34-19-25-42(26-20-34)54-48-16-8-6-14-44(48)52-46-32-38-12-4-2-10-36(38)30-40(46)22-28-50(52)54;1-2-6-14-12-17-15(11-13(14)5-1)9-10-19-20(17)16-7-3-4-8-18(16)21-19;13-11-5-1-9(2-6-11)10-3-7-12(14)8-4-10/h1-32H;1-12,21H;1-8H. The Kier molecular flexibility index (Phi) is 13.1. The van der Waals surface area contributed by atoms with Gasteiger partial charge in [-0.1, -0.05) is 194 Å². The monoisotopic (exact) mass is 1360 g/mol. The van der Waals surface area contributed by atoms with Gasteiger partial charge in [0.2, 0.25) is 0 Å². The molecule has 0 radical (unpaired) electrons. The van der Waals surface area contributed by atoms with Crippen LogP contribution in [0.3, 0.4) is 0 Å². The first kappa shape index (κ1) is 53.2. The molecule has 3 nitrogen and oxygen atoms in total. The largest absolute Gasteiger partial charge is 0.354 e. The van der Waals surface area contributed by atoms with Crippen LogP contribution in [-0.4, -0.2) is 14.1 Å². The van der Waals surface area contributed by atoms with Crippen molar-refractivity contribution in [3.8, 4) is 33.6 Å². The summed E-state index contributed by atoms with van der Waals surface area (Å²) in [5.41, 5.74) is 14.6. The summed E-state index contributed by atoms with van der Waals surface area (Å²) in [5.74, 6) is 0. The highest BCUT2D eigenvalue weighted by Crippen LogP contribution is 2.42. The van der Waals surface area contributed by atoms with Crippen molar-refractivity contribution in [2.24, 2.45) is 0 Å². The van der Waals surface area contributed by atoms with Crippen LogP contribution in [-0.2, 0) is 0 Å². The Balaban J connectivity index is 0.000000141. The molecule has 0 aliphatic heterocycles. The smallest absolute Gasteiger partial charge is 0.0547 e. The third-order valence-electron chi connectivity index (χ3n) is 18.0. The van der Waals surface area contributed by atoms with Crippen molar-refractivity contribution < 1.29 is 0 Å². The highest BCUT2D eigenvalue weighted by molar-refractivity contribution is 14.1. The lowest BCUT2D eigenvalue weighted by atomic mass is 9.99. The number of aromatic amines is 1. The molecule has 0 aliphatic rings. The van der Waals surface area contributed by atoms with Crippen LogP contribution in [0.5, 0.6) is 0 Å². The van der Waals surface area contributed by atoms with Crippen LogP contribution in [0.1, 0.15) is 0 Å². The Morgan fingerprint density at radius 2 is 0.539 bits per heavy atom. The molecule has 16 aromatic carbocycles. The number of rotatable bonds is 4. The van der Waals surface area contributed by atoms with Gasteiger partial charge in [0.15, 0.2) is 0 Å². The lowest BCUT2D eigenvalue weighted by Gasteiger charge is -2.12. The number of halogens is 2. The molecule has 0 bridgehead atoms. The highest BCUT2D eigenvalue weighted by Gasteiger charge is 2.18. The van der Waals surface area contributed by atoms with E-state index < -0.39 is 0 Å². The van der Waals surface area contributed by atoms with Gasteiger partial charge in [-0.05, 0) is 253 Å². The second-order valence-corrected chi connectivity index (χ2v) is 25.6. The fourth-order valence-corrected chi connectivity index (χ4v) is 14.5. The first-order valence-electron chi connectivity index (χ1n) is 30.2. The molecule has 3 aromatic heterocycles. The molecule has 0 aliphatic carbocycles. The predicted octanol–water partition coefficient (Wildman–Crippen LogP) is 24.4. The first-order chi connectivity index (χ1) is 43.9. The number of hydrogen-bond acceptors (Lipinski definition) is 0. The molecule has 3 heterocycles. The molecule has 5 heteroatoms. The zero-order valence-corrected chi connectivity index (χ0v) is 52.5. The van der Waals surface area contributed by atoms with Crippen molar-refractivity contribution in [2.75, 3.05) is 0 Å². The third kappa shape index (κ3) is 9.38. The third-order valence-corrected chi connectivity index (χ3v) is 19.4. The molecule has 0 unspecified atom stereocenters. The van der Waals surface area contributed by atoms with Crippen LogP contribution in [0, 0.1) is 7.14 Å². The number of aromatic nitrogens is 3. The van der Waals surface area contributed by atoms with Gasteiger partial charge in [-0.25, -0.2) is 0 Å². The van der Waals surface area contributed by atoms with E-state index in [0.29, 0.717) is 0 Å². The fraction of sp³-hybridized carbons (Fsp3) is 0. The second kappa shape index (κ2) is 22.0. The van der Waals surface area contributed by atoms with E-state index in [-0.39, 0.29) is 0 Å². The topological polar surface area (TPSA) is 25.6 Å². The molecule has 0 atom stereocenters.